The number of nitrogens with one attached hydrogen (secondary N) is 1. The first kappa shape index (κ1) is 13.5. The number of hydrogen-bond donors (Lipinski definition) is 1. The first-order valence-corrected chi connectivity index (χ1v) is 6.55. The zero-order valence-corrected chi connectivity index (χ0v) is 11.7. The molecule has 19 heavy (non-hydrogen) atoms. The van der Waals surface area contributed by atoms with Gasteiger partial charge in [0.1, 0.15) is 11.5 Å². The van der Waals surface area contributed by atoms with Gasteiger partial charge in [0.15, 0.2) is 0 Å². The molecule has 4 nitrogen and oxygen atoms in total. The molecule has 1 heterocycles. The monoisotopic (exact) mass is 260 g/mol. The molecular weight excluding hydrogens is 240 g/mol. The van der Waals surface area contributed by atoms with Crippen LogP contribution in [0.25, 0.3) is 0 Å². The number of aromatic nitrogens is 1. The molecule has 2 aromatic rings. The molecule has 0 atom stereocenters. The van der Waals surface area contributed by atoms with Gasteiger partial charge in [-0.05, 0) is 30.0 Å². The van der Waals surface area contributed by atoms with Gasteiger partial charge in [-0.25, -0.2) is 4.98 Å². The molecule has 2 rings (SSSR count). The Bertz CT molecular complexity index is 535. The van der Waals surface area contributed by atoms with Crippen LogP contribution in [-0.2, 0) is 19.3 Å². The second-order valence-corrected chi connectivity index (χ2v) is 4.38. The van der Waals surface area contributed by atoms with Crippen molar-refractivity contribution >= 4 is 6.01 Å². The van der Waals surface area contributed by atoms with E-state index >= 15 is 0 Å². The molecule has 1 aromatic carbocycles. The topological polar surface area (TPSA) is 47.3 Å². The second-order valence-electron chi connectivity index (χ2n) is 4.38. The lowest BCUT2D eigenvalue weighted by Gasteiger charge is -2.08. The quantitative estimate of drug-likeness (QED) is 0.867. The van der Waals surface area contributed by atoms with Crippen molar-refractivity contribution in [1.29, 1.82) is 0 Å². The maximum absolute atomic E-state index is 5.51. The van der Waals surface area contributed by atoms with Crippen LogP contribution >= 0.6 is 0 Å². The molecule has 0 saturated carbocycles. The van der Waals surface area contributed by atoms with E-state index in [1.165, 1.54) is 11.1 Å². The maximum Gasteiger partial charge on any atom is 0.294 e. The van der Waals surface area contributed by atoms with Crippen molar-refractivity contribution in [2.45, 2.75) is 26.2 Å². The highest BCUT2D eigenvalue weighted by Crippen LogP contribution is 2.21. The van der Waals surface area contributed by atoms with Gasteiger partial charge in [-0.3, -0.25) is 0 Å². The molecule has 1 N–H and O–H groups in total. The summed E-state index contributed by atoms with van der Waals surface area (Å²) in [4.78, 5) is 4.11. The number of hydrogen-bond acceptors (Lipinski definition) is 4. The number of oxazole rings is 1. The normalized spacial score (nSPS) is 10.5. The Hall–Kier alpha value is -1.97. The van der Waals surface area contributed by atoms with Crippen LogP contribution in [0, 0.1) is 0 Å². The van der Waals surface area contributed by atoms with Crippen LogP contribution < -0.4 is 10.1 Å². The van der Waals surface area contributed by atoms with Gasteiger partial charge in [-0.2, -0.15) is 0 Å². The summed E-state index contributed by atoms with van der Waals surface area (Å²) in [5.74, 6) is 1.86. The molecule has 102 valence electrons. The lowest BCUT2D eigenvalue weighted by atomic mass is 10.0. The van der Waals surface area contributed by atoms with Crippen molar-refractivity contribution in [2.24, 2.45) is 0 Å². The minimum Gasteiger partial charge on any atom is -0.496 e. The molecule has 0 bridgehead atoms. The SMILES string of the molecule is CCc1cc(CCc2cnc(NC)o2)ccc1OC. The van der Waals surface area contributed by atoms with Crippen molar-refractivity contribution in [3.8, 4) is 5.75 Å². The summed E-state index contributed by atoms with van der Waals surface area (Å²) < 4.78 is 10.8. The van der Waals surface area contributed by atoms with Crippen LogP contribution in [0.3, 0.4) is 0 Å². The number of methoxy groups -OCH3 is 1. The third kappa shape index (κ3) is 3.28. The lowest BCUT2D eigenvalue weighted by Crippen LogP contribution is -1.95. The zero-order chi connectivity index (χ0) is 13.7. The van der Waals surface area contributed by atoms with Crippen LogP contribution in [0.4, 0.5) is 6.01 Å². The van der Waals surface area contributed by atoms with Crippen molar-refractivity contribution in [1.82, 2.24) is 4.98 Å². The Morgan fingerprint density at radius 2 is 2.16 bits per heavy atom. The second kappa shape index (κ2) is 6.27. The molecule has 0 aliphatic rings. The Morgan fingerprint density at radius 1 is 1.32 bits per heavy atom. The number of ether oxygens (including phenoxy) is 1. The van der Waals surface area contributed by atoms with Crippen molar-refractivity contribution in [3.63, 3.8) is 0 Å². The van der Waals surface area contributed by atoms with Crippen LogP contribution in [0.15, 0.2) is 28.8 Å². The van der Waals surface area contributed by atoms with Gasteiger partial charge in [0.2, 0.25) is 0 Å². The minimum absolute atomic E-state index is 0.568. The first-order chi connectivity index (χ1) is 9.26. The van der Waals surface area contributed by atoms with E-state index < -0.39 is 0 Å². The Labute approximate surface area is 113 Å². The highest BCUT2D eigenvalue weighted by molar-refractivity contribution is 5.37. The van der Waals surface area contributed by atoms with Crippen LogP contribution in [0.5, 0.6) is 5.75 Å². The standard InChI is InChI=1S/C15H20N2O2/c1-4-12-9-11(6-8-14(12)18-3)5-7-13-10-17-15(16-2)19-13/h6,8-10H,4-5,7H2,1-3H3,(H,16,17). The van der Waals surface area contributed by atoms with Crippen LogP contribution in [0.2, 0.25) is 0 Å². The number of aryl methyl sites for hydroxylation is 3. The molecule has 1 aromatic heterocycles. The highest BCUT2D eigenvalue weighted by atomic mass is 16.5. The minimum atomic E-state index is 0.568. The largest absolute Gasteiger partial charge is 0.496 e. The summed E-state index contributed by atoms with van der Waals surface area (Å²) in [7, 11) is 3.51. The van der Waals surface area contributed by atoms with E-state index in [1.54, 1.807) is 20.4 Å². The number of rotatable bonds is 6. The summed E-state index contributed by atoms with van der Waals surface area (Å²) in [5, 5.41) is 2.88. The van der Waals surface area contributed by atoms with E-state index in [4.69, 9.17) is 9.15 Å². The fraction of sp³-hybridized carbons (Fsp3) is 0.400. The lowest BCUT2D eigenvalue weighted by molar-refractivity contribution is 0.410. The van der Waals surface area contributed by atoms with E-state index in [1.807, 2.05) is 6.07 Å². The van der Waals surface area contributed by atoms with Crippen molar-refractivity contribution in [3.05, 3.63) is 41.3 Å². The van der Waals surface area contributed by atoms with Crippen molar-refractivity contribution < 1.29 is 9.15 Å². The summed E-state index contributed by atoms with van der Waals surface area (Å²) in [6.07, 6.45) is 4.54. The number of anilines is 1. The predicted octanol–water partition coefficient (Wildman–Crippen LogP) is 3.07. The summed E-state index contributed by atoms with van der Waals surface area (Å²) >= 11 is 0. The summed E-state index contributed by atoms with van der Waals surface area (Å²) in [6, 6.07) is 6.91. The summed E-state index contributed by atoms with van der Waals surface area (Å²) in [5.41, 5.74) is 2.54. The van der Waals surface area contributed by atoms with Crippen LogP contribution in [0.1, 0.15) is 23.8 Å². The van der Waals surface area contributed by atoms with E-state index in [0.717, 1.165) is 30.8 Å². The van der Waals surface area contributed by atoms with E-state index in [9.17, 15) is 0 Å². The number of benzene rings is 1. The highest BCUT2D eigenvalue weighted by Gasteiger charge is 2.05. The third-order valence-electron chi connectivity index (χ3n) is 3.15. The predicted molar refractivity (Wildman–Crippen MR) is 75.8 cm³/mol. The third-order valence-corrected chi connectivity index (χ3v) is 3.15. The van der Waals surface area contributed by atoms with Crippen molar-refractivity contribution in [2.75, 3.05) is 19.5 Å². The molecule has 0 aliphatic carbocycles. The molecule has 0 spiro atoms. The molecule has 0 aliphatic heterocycles. The van der Waals surface area contributed by atoms with E-state index in [-0.39, 0.29) is 0 Å². The molecule has 4 heteroatoms. The average Bonchev–Trinajstić information content (AvgIpc) is 2.92. The van der Waals surface area contributed by atoms with Gasteiger partial charge in [0.05, 0.1) is 13.3 Å². The fourth-order valence-electron chi connectivity index (χ4n) is 2.07. The first-order valence-electron chi connectivity index (χ1n) is 6.55. The fourth-order valence-corrected chi connectivity index (χ4v) is 2.07. The Balaban J connectivity index is 2.03. The van der Waals surface area contributed by atoms with E-state index in [2.05, 4.69) is 29.4 Å². The van der Waals surface area contributed by atoms with Gasteiger partial charge in [0, 0.05) is 13.5 Å². The molecule has 0 amide bonds. The molecule has 0 unspecified atom stereocenters. The molecule has 0 radical (unpaired) electrons. The van der Waals surface area contributed by atoms with Gasteiger partial charge in [-0.1, -0.05) is 19.1 Å². The Morgan fingerprint density at radius 3 is 2.79 bits per heavy atom. The van der Waals surface area contributed by atoms with Gasteiger partial charge < -0.3 is 14.5 Å². The molecule has 0 fully saturated rings. The van der Waals surface area contributed by atoms with E-state index in [0.29, 0.717) is 6.01 Å². The molecular formula is C15H20N2O2. The smallest absolute Gasteiger partial charge is 0.294 e. The average molecular weight is 260 g/mol. The van der Waals surface area contributed by atoms with Crippen LogP contribution in [-0.4, -0.2) is 19.1 Å². The number of nitrogens with zero attached hydrogens (tertiary/aromatic N) is 1. The molecule has 0 saturated heterocycles. The summed E-state index contributed by atoms with van der Waals surface area (Å²) in [6.45, 7) is 2.14. The maximum atomic E-state index is 5.51. The van der Waals surface area contributed by atoms with Gasteiger partial charge in [-0.15, -0.1) is 0 Å². The van der Waals surface area contributed by atoms with Gasteiger partial charge >= 0.3 is 0 Å². The van der Waals surface area contributed by atoms with Gasteiger partial charge in [0.25, 0.3) is 6.01 Å². The Kier molecular flexibility index (Phi) is 4.44. The zero-order valence-electron chi connectivity index (χ0n) is 11.7.